The smallest absolute Gasteiger partial charge is 0.318 e. The highest BCUT2D eigenvalue weighted by molar-refractivity contribution is 8.27. The van der Waals surface area contributed by atoms with Gasteiger partial charge >= 0.3 is 5.69 Å². The maximum absolute atomic E-state index is 12.9. The maximum Gasteiger partial charge on any atom is 0.318 e. The Morgan fingerprint density at radius 1 is 0.939 bits per heavy atom. The Labute approximate surface area is 196 Å². The summed E-state index contributed by atoms with van der Waals surface area (Å²) in [5.74, 6) is -0.133. The minimum atomic E-state index is -0.749. The van der Waals surface area contributed by atoms with Gasteiger partial charge in [0.1, 0.15) is 5.75 Å². The number of hydrogen-bond acceptors (Lipinski definition) is 8. The second-order valence-corrected chi connectivity index (χ2v) is 8.37. The molecule has 0 radical (unpaired) electrons. The minimum Gasteiger partial charge on any atom is -0.450 e. The zero-order valence-electron chi connectivity index (χ0n) is 16.6. The number of ether oxygens (including phenoxy) is 1. The molecule has 1 saturated heterocycles. The SMILES string of the molecule is O=C1C(=Cc2cccc(Oc3ccc([N+](=O)[O-])cc3[N+](=O)[O-])c2)SC(=S)N1c1ccccc1. The highest BCUT2D eigenvalue weighted by Crippen LogP contribution is 2.37. The summed E-state index contributed by atoms with van der Waals surface area (Å²) >= 11 is 6.53. The molecule has 11 heteroatoms. The first-order valence-electron chi connectivity index (χ1n) is 9.37. The molecule has 0 spiro atoms. The van der Waals surface area contributed by atoms with Crippen molar-refractivity contribution in [3.63, 3.8) is 0 Å². The molecular formula is C22H13N3O6S2. The summed E-state index contributed by atoms with van der Waals surface area (Å²) < 4.78 is 6.04. The molecule has 1 fully saturated rings. The van der Waals surface area contributed by atoms with Crippen LogP contribution in [0, 0.1) is 20.2 Å². The van der Waals surface area contributed by atoms with Gasteiger partial charge in [-0.05, 0) is 42.0 Å². The van der Waals surface area contributed by atoms with Crippen molar-refractivity contribution in [3.05, 3.63) is 103 Å². The van der Waals surface area contributed by atoms with Crippen molar-refractivity contribution >= 4 is 57.3 Å². The molecule has 0 bridgehead atoms. The summed E-state index contributed by atoms with van der Waals surface area (Å²) in [6.45, 7) is 0. The molecule has 3 aromatic carbocycles. The molecule has 1 heterocycles. The highest BCUT2D eigenvalue weighted by atomic mass is 32.2. The summed E-state index contributed by atoms with van der Waals surface area (Å²) in [7, 11) is 0. The Morgan fingerprint density at radius 2 is 1.70 bits per heavy atom. The van der Waals surface area contributed by atoms with E-state index in [-0.39, 0.29) is 17.4 Å². The predicted molar refractivity (Wildman–Crippen MR) is 128 cm³/mol. The fraction of sp³-hybridized carbons (Fsp3) is 0. The molecule has 0 unspecified atom stereocenters. The molecule has 3 aromatic rings. The van der Waals surface area contributed by atoms with E-state index in [1.54, 1.807) is 42.5 Å². The van der Waals surface area contributed by atoms with Gasteiger partial charge in [-0.2, -0.15) is 0 Å². The third-order valence-corrected chi connectivity index (χ3v) is 5.84. The largest absolute Gasteiger partial charge is 0.450 e. The molecular weight excluding hydrogens is 466 g/mol. The zero-order valence-corrected chi connectivity index (χ0v) is 18.2. The Bertz CT molecular complexity index is 1330. The molecule has 9 nitrogen and oxygen atoms in total. The predicted octanol–water partition coefficient (Wildman–Crippen LogP) is 5.70. The molecule has 0 aliphatic carbocycles. The number of amides is 1. The number of thiocarbonyl (C=S) groups is 1. The summed E-state index contributed by atoms with van der Waals surface area (Å²) in [4.78, 5) is 35.5. The van der Waals surface area contributed by atoms with Gasteiger partial charge in [-0.3, -0.25) is 29.9 Å². The Morgan fingerprint density at radius 3 is 2.39 bits per heavy atom. The van der Waals surface area contributed by atoms with Crippen LogP contribution in [0.4, 0.5) is 17.1 Å². The van der Waals surface area contributed by atoms with E-state index < -0.39 is 21.2 Å². The van der Waals surface area contributed by atoms with E-state index in [0.717, 1.165) is 12.1 Å². The Balaban J connectivity index is 1.60. The van der Waals surface area contributed by atoms with Crippen LogP contribution in [-0.2, 0) is 4.79 Å². The Kier molecular flexibility index (Phi) is 6.16. The quantitative estimate of drug-likeness (QED) is 0.191. The number of rotatable bonds is 6. The summed E-state index contributed by atoms with van der Waals surface area (Å²) in [6, 6.07) is 18.8. The first-order valence-corrected chi connectivity index (χ1v) is 10.6. The summed E-state index contributed by atoms with van der Waals surface area (Å²) in [5, 5.41) is 22.2. The van der Waals surface area contributed by atoms with Crippen LogP contribution in [-0.4, -0.2) is 20.1 Å². The summed E-state index contributed by atoms with van der Waals surface area (Å²) in [5.41, 5.74) is 0.346. The van der Waals surface area contributed by atoms with E-state index >= 15 is 0 Å². The lowest BCUT2D eigenvalue weighted by atomic mass is 10.2. The molecule has 164 valence electrons. The van der Waals surface area contributed by atoms with Crippen LogP contribution in [0.3, 0.4) is 0 Å². The molecule has 4 rings (SSSR count). The fourth-order valence-electron chi connectivity index (χ4n) is 3.06. The van der Waals surface area contributed by atoms with Gasteiger partial charge in [0.15, 0.2) is 4.32 Å². The number of thioether (sulfide) groups is 1. The van der Waals surface area contributed by atoms with Crippen molar-refractivity contribution in [1.29, 1.82) is 0 Å². The number of nitro groups is 2. The molecule has 33 heavy (non-hydrogen) atoms. The van der Waals surface area contributed by atoms with Crippen molar-refractivity contribution in [2.75, 3.05) is 4.90 Å². The van der Waals surface area contributed by atoms with Gasteiger partial charge in [0.05, 0.1) is 26.5 Å². The molecule has 0 atom stereocenters. The number of carbonyl (C=O) groups is 1. The average Bonchev–Trinajstić information content (AvgIpc) is 3.07. The van der Waals surface area contributed by atoms with Crippen LogP contribution in [0.1, 0.15) is 5.56 Å². The fourth-order valence-corrected chi connectivity index (χ4v) is 4.36. The van der Waals surface area contributed by atoms with Crippen LogP contribution in [0.5, 0.6) is 11.5 Å². The van der Waals surface area contributed by atoms with Gasteiger partial charge in [0, 0.05) is 6.07 Å². The van der Waals surface area contributed by atoms with Crippen molar-refractivity contribution < 1.29 is 19.4 Å². The first kappa shape index (κ1) is 22.1. The van der Waals surface area contributed by atoms with Gasteiger partial charge in [0.25, 0.3) is 11.6 Å². The van der Waals surface area contributed by atoms with E-state index in [9.17, 15) is 25.0 Å². The van der Waals surface area contributed by atoms with Crippen molar-refractivity contribution in [2.45, 2.75) is 0 Å². The van der Waals surface area contributed by atoms with Gasteiger partial charge in [-0.15, -0.1) is 0 Å². The number of carbonyl (C=O) groups excluding carboxylic acids is 1. The lowest BCUT2D eigenvalue weighted by molar-refractivity contribution is -0.394. The van der Waals surface area contributed by atoms with Crippen LogP contribution < -0.4 is 9.64 Å². The van der Waals surface area contributed by atoms with Crippen LogP contribution in [0.2, 0.25) is 0 Å². The van der Waals surface area contributed by atoms with E-state index in [0.29, 0.717) is 20.5 Å². The lowest BCUT2D eigenvalue weighted by Crippen LogP contribution is -2.27. The normalized spacial score (nSPS) is 14.5. The van der Waals surface area contributed by atoms with E-state index in [2.05, 4.69) is 0 Å². The van der Waals surface area contributed by atoms with Gasteiger partial charge in [0.2, 0.25) is 5.75 Å². The van der Waals surface area contributed by atoms with Crippen molar-refractivity contribution in [3.8, 4) is 11.5 Å². The molecule has 1 amide bonds. The number of hydrogen-bond donors (Lipinski definition) is 0. The van der Waals surface area contributed by atoms with Crippen molar-refractivity contribution in [2.24, 2.45) is 0 Å². The van der Waals surface area contributed by atoms with Gasteiger partial charge in [-0.25, -0.2) is 0 Å². The van der Waals surface area contributed by atoms with Crippen molar-refractivity contribution in [1.82, 2.24) is 0 Å². The number of anilines is 1. The van der Waals surface area contributed by atoms with E-state index in [1.165, 1.54) is 22.7 Å². The van der Waals surface area contributed by atoms with Crippen LogP contribution in [0.25, 0.3) is 6.08 Å². The standard InChI is InChI=1S/C22H13N3O6S2/c26-21-20(33-22(32)23(21)15-6-2-1-3-7-15)12-14-5-4-8-17(11-14)31-19-10-9-16(24(27)28)13-18(19)25(29)30/h1-13H. The van der Waals surface area contributed by atoms with E-state index in [1.807, 2.05) is 18.2 Å². The number of nitrogens with zero attached hydrogens (tertiary/aromatic N) is 3. The molecule has 1 aliphatic rings. The maximum atomic E-state index is 12.9. The average molecular weight is 479 g/mol. The third kappa shape index (κ3) is 4.73. The zero-order chi connectivity index (χ0) is 23.5. The second kappa shape index (κ2) is 9.18. The van der Waals surface area contributed by atoms with Gasteiger partial charge in [-0.1, -0.05) is 54.3 Å². The summed E-state index contributed by atoms with van der Waals surface area (Å²) in [6.07, 6.45) is 1.65. The molecule has 0 saturated carbocycles. The van der Waals surface area contributed by atoms with Gasteiger partial charge < -0.3 is 4.74 Å². The molecule has 0 aromatic heterocycles. The second-order valence-electron chi connectivity index (χ2n) is 6.69. The third-order valence-electron chi connectivity index (χ3n) is 4.54. The number of para-hydroxylation sites is 1. The van der Waals surface area contributed by atoms with Crippen LogP contribution in [0.15, 0.2) is 77.7 Å². The lowest BCUT2D eigenvalue weighted by Gasteiger charge is -2.13. The van der Waals surface area contributed by atoms with Crippen LogP contribution >= 0.6 is 24.0 Å². The molecule has 0 N–H and O–H groups in total. The number of benzene rings is 3. The first-order chi connectivity index (χ1) is 15.8. The number of non-ortho nitro benzene ring substituents is 1. The minimum absolute atomic E-state index is 0.141. The van der Waals surface area contributed by atoms with E-state index in [4.69, 9.17) is 17.0 Å². The highest BCUT2D eigenvalue weighted by Gasteiger charge is 2.33. The topological polar surface area (TPSA) is 116 Å². The number of nitro benzene ring substituents is 2. The monoisotopic (exact) mass is 479 g/mol. The molecule has 1 aliphatic heterocycles. The Hall–Kier alpha value is -4.09.